The SMILES string of the molecule is Cc1ccc(-c2nc3ccccc3c(C(=O)N3CCN(C)CC3)c2C)cc1. The summed E-state index contributed by atoms with van der Waals surface area (Å²) >= 11 is 0. The number of carbonyl (C=O) groups is 1. The summed E-state index contributed by atoms with van der Waals surface area (Å²) in [6, 6.07) is 16.3. The fraction of sp³-hybridized carbons (Fsp3) is 0.304. The van der Waals surface area contributed by atoms with Crippen LogP contribution >= 0.6 is 0 Å². The van der Waals surface area contributed by atoms with Crippen LogP contribution in [0.2, 0.25) is 0 Å². The third kappa shape index (κ3) is 3.33. The van der Waals surface area contributed by atoms with Gasteiger partial charge in [0.05, 0.1) is 16.8 Å². The number of aryl methyl sites for hydroxylation is 1. The molecule has 0 spiro atoms. The molecule has 2 aromatic carbocycles. The molecule has 4 heteroatoms. The van der Waals surface area contributed by atoms with E-state index in [0.29, 0.717) is 0 Å². The molecule has 1 aliphatic heterocycles. The van der Waals surface area contributed by atoms with E-state index in [-0.39, 0.29) is 5.91 Å². The minimum absolute atomic E-state index is 0.118. The minimum atomic E-state index is 0.118. The molecule has 1 saturated heterocycles. The second-order valence-corrected chi connectivity index (χ2v) is 7.44. The predicted octanol–water partition coefficient (Wildman–Crippen LogP) is 3.91. The summed E-state index contributed by atoms with van der Waals surface area (Å²) in [6.07, 6.45) is 0. The number of carbonyl (C=O) groups excluding carboxylic acids is 1. The van der Waals surface area contributed by atoms with Crippen LogP contribution in [0.25, 0.3) is 22.2 Å². The Kier molecular flexibility index (Phi) is 4.66. The van der Waals surface area contributed by atoms with Crippen LogP contribution < -0.4 is 0 Å². The van der Waals surface area contributed by atoms with E-state index in [1.807, 2.05) is 36.1 Å². The Bertz CT molecular complexity index is 986. The summed E-state index contributed by atoms with van der Waals surface area (Å²) in [5.41, 5.74) is 5.78. The van der Waals surface area contributed by atoms with Crippen molar-refractivity contribution in [3.05, 3.63) is 65.2 Å². The Morgan fingerprint density at radius 3 is 2.30 bits per heavy atom. The Balaban J connectivity index is 1.86. The van der Waals surface area contributed by atoms with E-state index in [1.54, 1.807) is 0 Å². The van der Waals surface area contributed by atoms with Crippen molar-refractivity contribution in [2.75, 3.05) is 33.2 Å². The van der Waals surface area contributed by atoms with Crippen molar-refractivity contribution in [1.29, 1.82) is 0 Å². The topological polar surface area (TPSA) is 36.4 Å². The predicted molar refractivity (Wildman–Crippen MR) is 110 cm³/mol. The molecule has 0 aliphatic carbocycles. The van der Waals surface area contributed by atoms with Gasteiger partial charge in [0.2, 0.25) is 0 Å². The van der Waals surface area contributed by atoms with Crippen molar-refractivity contribution >= 4 is 16.8 Å². The number of likely N-dealkylation sites (N-methyl/N-ethyl adjacent to an activating group) is 1. The lowest BCUT2D eigenvalue weighted by Crippen LogP contribution is -2.47. The third-order valence-electron chi connectivity index (χ3n) is 5.47. The van der Waals surface area contributed by atoms with Gasteiger partial charge in [-0.25, -0.2) is 4.98 Å². The normalized spacial score (nSPS) is 15.3. The number of piperazine rings is 1. The van der Waals surface area contributed by atoms with Gasteiger partial charge in [0.25, 0.3) is 5.91 Å². The van der Waals surface area contributed by atoms with Gasteiger partial charge in [-0.1, -0.05) is 48.0 Å². The largest absolute Gasteiger partial charge is 0.336 e. The van der Waals surface area contributed by atoms with E-state index in [2.05, 4.69) is 43.1 Å². The van der Waals surface area contributed by atoms with E-state index in [9.17, 15) is 4.79 Å². The molecule has 0 saturated carbocycles. The van der Waals surface area contributed by atoms with Gasteiger partial charge in [0, 0.05) is 37.1 Å². The van der Waals surface area contributed by atoms with Crippen LogP contribution in [0.3, 0.4) is 0 Å². The molecule has 0 radical (unpaired) electrons. The number of benzene rings is 2. The van der Waals surface area contributed by atoms with Crippen LogP contribution in [0, 0.1) is 13.8 Å². The number of amides is 1. The Morgan fingerprint density at radius 2 is 1.59 bits per heavy atom. The average Bonchev–Trinajstić information content (AvgIpc) is 2.68. The summed E-state index contributed by atoms with van der Waals surface area (Å²) in [4.78, 5) is 22.6. The fourth-order valence-electron chi connectivity index (χ4n) is 3.74. The van der Waals surface area contributed by atoms with Gasteiger partial charge in [0.15, 0.2) is 0 Å². The van der Waals surface area contributed by atoms with E-state index >= 15 is 0 Å². The van der Waals surface area contributed by atoms with Crippen LogP contribution in [0.15, 0.2) is 48.5 Å². The van der Waals surface area contributed by atoms with E-state index in [4.69, 9.17) is 4.98 Å². The molecule has 2 heterocycles. The highest BCUT2D eigenvalue weighted by Gasteiger charge is 2.25. The van der Waals surface area contributed by atoms with E-state index in [1.165, 1.54) is 5.56 Å². The van der Waals surface area contributed by atoms with Gasteiger partial charge in [-0.3, -0.25) is 4.79 Å². The molecule has 0 N–H and O–H groups in total. The molecule has 138 valence electrons. The van der Waals surface area contributed by atoms with E-state index in [0.717, 1.165) is 59.5 Å². The maximum Gasteiger partial charge on any atom is 0.254 e. The molecule has 1 amide bonds. The first-order chi connectivity index (χ1) is 13.0. The molecular weight excluding hydrogens is 334 g/mol. The first-order valence-electron chi connectivity index (χ1n) is 9.49. The number of para-hydroxylation sites is 1. The number of aromatic nitrogens is 1. The minimum Gasteiger partial charge on any atom is -0.336 e. The van der Waals surface area contributed by atoms with Crippen LogP contribution in [0.5, 0.6) is 0 Å². The zero-order chi connectivity index (χ0) is 19.0. The maximum atomic E-state index is 13.5. The van der Waals surface area contributed by atoms with Crippen molar-refractivity contribution in [3.63, 3.8) is 0 Å². The van der Waals surface area contributed by atoms with Crippen LogP contribution in [-0.4, -0.2) is 53.9 Å². The van der Waals surface area contributed by atoms with Crippen LogP contribution in [0.4, 0.5) is 0 Å². The standard InChI is InChI=1S/C23H25N3O/c1-16-8-10-18(11-9-16)22-17(2)21(19-6-4-5-7-20(19)24-22)23(27)26-14-12-25(3)13-15-26/h4-11H,12-15H2,1-3H3. The molecule has 0 unspecified atom stereocenters. The summed E-state index contributed by atoms with van der Waals surface area (Å²) < 4.78 is 0. The molecule has 4 rings (SSSR count). The summed E-state index contributed by atoms with van der Waals surface area (Å²) in [5.74, 6) is 0.118. The maximum absolute atomic E-state index is 13.5. The molecule has 27 heavy (non-hydrogen) atoms. The highest BCUT2D eigenvalue weighted by atomic mass is 16.2. The number of pyridine rings is 1. The molecule has 3 aromatic rings. The Hall–Kier alpha value is -2.72. The summed E-state index contributed by atoms with van der Waals surface area (Å²) in [5, 5.41) is 0.940. The second kappa shape index (κ2) is 7.12. The van der Waals surface area contributed by atoms with Gasteiger partial charge in [0.1, 0.15) is 0 Å². The number of hydrogen-bond acceptors (Lipinski definition) is 3. The Morgan fingerprint density at radius 1 is 0.926 bits per heavy atom. The quantitative estimate of drug-likeness (QED) is 0.696. The highest BCUT2D eigenvalue weighted by molar-refractivity contribution is 6.08. The van der Waals surface area contributed by atoms with Gasteiger partial charge >= 0.3 is 0 Å². The number of nitrogens with zero attached hydrogens (tertiary/aromatic N) is 3. The van der Waals surface area contributed by atoms with Crippen molar-refractivity contribution in [2.45, 2.75) is 13.8 Å². The lowest BCUT2D eigenvalue weighted by molar-refractivity contribution is 0.0665. The number of rotatable bonds is 2. The molecule has 0 bridgehead atoms. The van der Waals surface area contributed by atoms with Crippen molar-refractivity contribution in [1.82, 2.24) is 14.8 Å². The van der Waals surface area contributed by atoms with Gasteiger partial charge in [-0.05, 0) is 32.5 Å². The van der Waals surface area contributed by atoms with Crippen LogP contribution in [0.1, 0.15) is 21.5 Å². The molecule has 0 atom stereocenters. The summed E-state index contributed by atoms with van der Waals surface area (Å²) in [7, 11) is 2.10. The molecule has 1 aliphatic rings. The third-order valence-corrected chi connectivity index (χ3v) is 5.47. The fourth-order valence-corrected chi connectivity index (χ4v) is 3.74. The Labute approximate surface area is 160 Å². The van der Waals surface area contributed by atoms with Crippen molar-refractivity contribution in [2.24, 2.45) is 0 Å². The average molecular weight is 359 g/mol. The van der Waals surface area contributed by atoms with Gasteiger partial charge in [-0.2, -0.15) is 0 Å². The monoisotopic (exact) mass is 359 g/mol. The molecular formula is C23H25N3O. The second-order valence-electron chi connectivity index (χ2n) is 7.44. The molecule has 1 fully saturated rings. The summed E-state index contributed by atoms with van der Waals surface area (Å²) in [6.45, 7) is 7.47. The first kappa shape index (κ1) is 17.7. The first-order valence-corrected chi connectivity index (χ1v) is 9.49. The smallest absolute Gasteiger partial charge is 0.254 e. The van der Waals surface area contributed by atoms with Crippen LogP contribution in [-0.2, 0) is 0 Å². The van der Waals surface area contributed by atoms with Crippen molar-refractivity contribution < 1.29 is 4.79 Å². The number of fused-ring (bicyclic) bond motifs is 1. The molecule has 1 aromatic heterocycles. The van der Waals surface area contributed by atoms with E-state index < -0.39 is 0 Å². The zero-order valence-electron chi connectivity index (χ0n) is 16.2. The molecule has 4 nitrogen and oxygen atoms in total. The lowest BCUT2D eigenvalue weighted by Gasteiger charge is -2.33. The van der Waals surface area contributed by atoms with Gasteiger partial charge < -0.3 is 9.80 Å². The number of hydrogen-bond donors (Lipinski definition) is 0. The van der Waals surface area contributed by atoms with Crippen molar-refractivity contribution in [3.8, 4) is 11.3 Å². The zero-order valence-corrected chi connectivity index (χ0v) is 16.2. The highest BCUT2D eigenvalue weighted by Crippen LogP contribution is 2.31. The lowest BCUT2D eigenvalue weighted by atomic mass is 9.96. The van der Waals surface area contributed by atoms with Gasteiger partial charge in [-0.15, -0.1) is 0 Å².